The monoisotopic (exact) mass is 372 g/mol. The van der Waals surface area contributed by atoms with Crippen LogP contribution in [0.3, 0.4) is 0 Å². The van der Waals surface area contributed by atoms with Crippen LogP contribution in [0.15, 0.2) is 28.7 Å². The van der Waals surface area contributed by atoms with Gasteiger partial charge in [-0.1, -0.05) is 76.1 Å². The van der Waals surface area contributed by atoms with E-state index in [0.717, 1.165) is 17.2 Å². The second-order valence-corrected chi connectivity index (χ2v) is 7.14. The molecule has 0 amide bonds. The molecule has 18 heavy (non-hydrogen) atoms. The fourth-order valence-electron chi connectivity index (χ4n) is 2.96. The van der Waals surface area contributed by atoms with E-state index in [1.54, 1.807) is 0 Å². The highest BCUT2D eigenvalue weighted by molar-refractivity contribution is 9.10. The minimum Gasteiger partial charge on any atom is -0.0925 e. The number of hydrogen-bond acceptors (Lipinski definition) is 0. The molecule has 1 aliphatic carbocycles. The quantitative estimate of drug-likeness (QED) is 0.538. The fraction of sp³-hybridized carbons (Fsp3) is 0.625. The maximum Gasteiger partial charge on any atom is 0.0175 e. The topological polar surface area (TPSA) is 0 Å². The zero-order chi connectivity index (χ0) is 12.8. The molecule has 0 heterocycles. The van der Waals surface area contributed by atoms with Crippen molar-refractivity contribution in [2.75, 3.05) is 5.33 Å². The fourth-order valence-corrected chi connectivity index (χ4v) is 3.78. The van der Waals surface area contributed by atoms with E-state index in [-0.39, 0.29) is 0 Å². The summed E-state index contributed by atoms with van der Waals surface area (Å²) in [7, 11) is 0. The third-order valence-electron chi connectivity index (χ3n) is 4.11. The van der Waals surface area contributed by atoms with Gasteiger partial charge in [0.05, 0.1) is 0 Å². The van der Waals surface area contributed by atoms with Crippen LogP contribution in [0.2, 0.25) is 0 Å². The zero-order valence-corrected chi connectivity index (χ0v) is 14.0. The van der Waals surface area contributed by atoms with Crippen molar-refractivity contribution in [1.29, 1.82) is 0 Å². The predicted molar refractivity (Wildman–Crippen MR) is 86.3 cm³/mol. The van der Waals surface area contributed by atoms with Gasteiger partial charge in [0, 0.05) is 9.80 Å². The van der Waals surface area contributed by atoms with E-state index in [2.05, 4.69) is 56.1 Å². The van der Waals surface area contributed by atoms with E-state index in [1.807, 2.05) is 0 Å². The standard InChI is InChI=1S/C16H22Br2/c17-12-15(6-5-13-3-1-2-4-13)11-14-7-9-16(18)10-8-14/h7-10,13,15H,1-6,11-12H2. The molecule has 1 saturated carbocycles. The largest absolute Gasteiger partial charge is 0.0925 e. The molecule has 2 heteroatoms. The molecule has 0 aromatic heterocycles. The molecule has 1 atom stereocenters. The van der Waals surface area contributed by atoms with Gasteiger partial charge < -0.3 is 0 Å². The molecule has 0 bridgehead atoms. The molecule has 0 saturated heterocycles. The van der Waals surface area contributed by atoms with Gasteiger partial charge in [-0.25, -0.2) is 0 Å². The maximum atomic E-state index is 3.69. The lowest BCUT2D eigenvalue weighted by Crippen LogP contribution is -2.08. The lowest BCUT2D eigenvalue weighted by Gasteiger charge is -2.16. The highest BCUT2D eigenvalue weighted by Gasteiger charge is 2.17. The molecule has 0 radical (unpaired) electrons. The molecule has 1 aromatic carbocycles. The van der Waals surface area contributed by atoms with Gasteiger partial charge in [-0.3, -0.25) is 0 Å². The Morgan fingerprint density at radius 3 is 2.39 bits per heavy atom. The first kappa shape index (κ1) is 14.6. The van der Waals surface area contributed by atoms with Crippen LogP contribution in [0.1, 0.15) is 44.1 Å². The van der Waals surface area contributed by atoms with Gasteiger partial charge in [0.25, 0.3) is 0 Å². The lowest BCUT2D eigenvalue weighted by molar-refractivity contribution is 0.419. The Bertz CT molecular complexity index is 339. The summed E-state index contributed by atoms with van der Waals surface area (Å²) in [6.07, 6.45) is 9.93. The van der Waals surface area contributed by atoms with Gasteiger partial charge in [-0.05, 0) is 42.4 Å². The van der Waals surface area contributed by atoms with Crippen molar-refractivity contribution in [3.8, 4) is 0 Å². The SMILES string of the molecule is BrCC(CCC1CCCC1)Cc1ccc(Br)cc1. The molecular weight excluding hydrogens is 352 g/mol. The van der Waals surface area contributed by atoms with Crippen LogP contribution < -0.4 is 0 Å². The van der Waals surface area contributed by atoms with E-state index in [4.69, 9.17) is 0 Å². The Kier molecular flexibility index (Phi) is 6.23. The van der Waals surface area contributed by atoms with Crippen molar-refractivity contribution in [2.45, 2.75) is 44.9 Å². The first-order valence-corrected chi connectivity index (χ1v) is 9.00. The summed E-state index contributed by atoms with van der Waals surface area (Å²) in [6, 6.07) is 8.79. The Labute approximate surface area is 128 Å². The first-order chi connectivity index (χ1) is 8.78. The number of benzene rings is 1. The van der Waals surface area contributed by atoms with Crippen molar-refractivity contribution < 1.29 is 0 Å². The number of rotatable bonds is 6. The minimum absolute atomic E-state index is 0.798. The minimum atomic E-state index is 0.798. The Morgan fingerprint density at radius 1 is 1.11 bits per heavy atom. The normalized spacial score (nSPS) is 18.1. The molecule has 0 spiro atoms. The smallest absolute Gasteiger partial charge is 0.0175 e. The van der Waals surface area contributed by atoms with E-state index in [0.29, 0.717) is 0 Å². The third-order valence-corrected chi connectivity index (χ3v) is 5.56. The molecule has 1 aliphatic rings. The second-order valence-electron chi connectivity index (χ2n) is 5.58. The summed E-state index contributed by atoms with van der Waals surface area (Å²) >= 11 is 7.18. The Morgan fingerprint density at radius 2 is 1.78 bits per heavy atom. The van der Waals surface area contributed by atoms with Crippen molar-refractivity contribution >= 4 is 31.9 Å². The van der Waals surface area contributed by atoms with Crippen molar-refractivity contribution in [1.82, 2.24) is 0 Å². The van der Waals surface area contributed by atoms with Crippen LogP contribution in [0, 0.1) is 11.8 Å². The average molecular weight is 374 g/mol. The Balaban J connectivity index is 1.79. The van der Waals surface area contributed by atoms with Crippen LogP contribution in [-0.2, 0) is 6.42 Å². The summed E-state index contributed by atoms with van der Waals surface area (Å²) in [6.45, 7) is 0. The van der Waals surface area contributed by atoms with Crippen LogP contribution in [0.25, 0.3) is 0 Å². The van der Waals surface area contributed by atoms with E-state index in [9.17, 15) is 0 Å². The molecular formula is C16H22Br2. The molecule has 0 nitrogen and oxygen atoms in total. The highest BCUT2D eigenvalue weighted by Crippen LogP contribution is 2.31. The number of hydrogen-bond donors (Lipinski definition) is 0. The van der Waals surface area contributed by atoms with Crippen LogP contribution >= 0.6 is 31.9 Å². The maximum absolute atomic E-state index is 3.69. The zero-order valence-electron chi connectivity index (χ0n) is 10.9. The summed E-state index contributed by atoms with van der Waals surface area (Å²) in [5.41, 5.74) is 1.47. The molecule has 1 fully saturated rings. The van der Waals surface area contributed by atoms with Gasteiger partial charge in [-0.2, -0.15) is 0 Å². The van der Waals surface area contributed by atoms with Crippen molar-refractivity contribution in [3.63, 3.8) is 0 Å². The summed E-state index contributed by atoms with van der Waals surface area (Å²) in [4.78, 5) is 0. The molecule has 2 rings (SSSR count). The van der Waals surface area contributed by atoms with E-state index in [1.165, 1.54) is 55.0 Å². The van der Waals surface area contributed by atoms with Crippen molar-refractivity contribution in [2.24, 2.45) is 11.8 Å². The molecule has 0 N–H and O–H groups in total. The molecule has 100 valence electrons. The molecule has 0 aliphatic heterocycles. The van der Waals surface area contributed by atoms with E-state index < -0.39 is 0 Å². The van der Waals surface area contributed by atoms with Gasteiger partial charge in [0.1, 0.15) is 0 Å². The molecule has 1 unspecified atom stereocenters. The Hall–Kier alpha value is 0.180. The molecule has 1 aromatic rings. The van der Waals surface area contributed by atoms with Crippen LogP contribution in [0.4, 0.5) is 0 Å². The van der Waals surface area contributed by atoms with Crippen LogP contribution in [-0.4, -0.2) is 5.33 Å². The summed E-state index contributed by atoms with van der Waals surface area (Å²) in [5.74, 6) is 1.82. The summed E-state index contributed by atoms with van der Waals surface area (Å²) in [5, 5.41) is 1.13. The van der Waals surface area contributed by atoms with Gasteiger partial charge in [0.2, 0.25) is 0 Å². The number of alkyl halides is 1. The summed E-state index contributed by atoms with van der Waals surface area (Å²) < 4.78 is 1.17. The highest BCUT2D eigenvalue weighted by atomic mass is 79.9. The van der Waals surface area contributed by atoms with Crippen molar-refractivity contribution in [3.05, 3.63) is 34.3 Å². The van der Waals surface area contributed by atoms with Crippen LogP contribution in [0.5, 0.6) is 0 Å². The van der Waals surface area contributed by atoms with Gasteiger partial charge in [0.15, 0.2) is 0 Å². The van der Waals surface area contributed by atoms with E-state index >= 15 is 0 Å². The lowest BCUT2D eigenvalue weighted by atomic mass is 9.91. The first-order valence-electron chi connectivity index (χ1n) is 7.08. The number of halogens is 2. The van der Waals surface area contributed by atoms with Gasteiger partial charge in [-0.15, -0.1) is 0 Å². The average Bonchev–Trinajstić information content (AvgIpc) is 2.90. The van der Waals surface area contributed by atoms with Gasteiger partial charge >= 0.3 is 0 Å². The second kappa shape index (κ2) is 7.69. The third kappa shape index (κ3) is 4.70. The predicted octanol–water partition coefficient (Wildman–Crippen LogP) is 5.97.